The minimum Gasteiger partial charge on any atom is -0.381 e. The minimum atomic E-state index is -0.566. The number of fused-ring (bicyclic) bond motifs is 1. The van der Waals surface area contributed by atoms with Crippen LogP contribution in [0.25, 0.3) is 0 Å². The monoisotopic (exact) mass is 303 g/mol. The molecule has 1 aromatic carbocycles. The van der Waals surface area contributed by atoms with E-state index in [9.17, 15) is 4.39 Å². The van der Waals surface area contributed by atoms with Gasteiger partial charge in [-0.1, -0.05) is 37.0 Å². The van der Waals surface area contributed by atoms with E-state index in [4.69, 9.17) is 27.9 Å². The summed E-state index contributed by atoms with van der Waals surface area (Å²) in [5, 5.41) is 3.53. The SMILES string of the molecule is CC1(C)C(Nc2cc(Cl)c(F)c(Cl)c2)C2CCOC21. The van der Waals surface area contributed by atoms with Gasteiger partial charge in [0.2, 0.25) is 0 Å². The fraction of sp³-hybridized carbons (Fsp3) is 0.571. The van der Waals surface area contributed by atoms with Gasteiger partial charge in [0, 0.05) is 29.7 Å². The van der Waals surface area contributed by atoms with Crippen LogP contribution in [0.1, 0.15) is 20.3 Å². The Kier molecular flexibility index (Phi) is 3.19. The fourth-order valence-electron chi connectivity index (χ4n) is 3.44. The zero-order valence-electron chi connectivity index (χ0n) is 10.8. The first-order chi connectivity index (χ1) is 8.91. The second-order valence-corrected chi connectivity index (χ2v) is 6.76. The van der Waals surface area contributed by atoms with Crippen LogP contribution in [0.2, 0.25) is 10.0 Å². The molecule has 3 rings (SSSR count). The zero-order chi connectivity index (χ0) is 13.8. The molecule has 0 spiro atoms. The normalized spacial score (nSPS) is 31.7. The van der Waals surface area contributed by atoms with Crippen LogP contribution in [-0.2, 0) is 4.74 Å². The highest BCUT2D eigenvalue weighted by Crippen LogP contribution is 2.53. The summed E-state index contributed by atoms with van der Waals surface area (Å²) in [6, 6.07) is 3.47. The van der Waals surface area contributed by atoms with Crippen molar-refractivity contribution in [3.8, 4) is 0 Å². The Bertz CT molecular complexity index is 497. The minimum absolute atomic E-state index is 0.0475. The Balaban J connectivity index is 1.82. The van der Waals surface area contributed by atoms with E-state index in [0.717, 1.165) is 18.7 Å². The highest BCUT2D eigenvalue weighted by Gasteiger charge is 2.59. The van der Waals surface area contributed by atoms with Crippen molar-refractivity contribution in [1.82, 2.24) is 0 Å². The van der Waals surface area contributed by atoms with Gasteiger partial charge in [-0.05, 0) is 18.6 Å². The highest BCUT2D eigenvalue weighted by atomic mass is 35.5. The molecule has 5 heteroatoms. The molecule has 2 fully saturated rings. The smallest absolute Gasteiger partial charge is 0.160 e. The van der Waals surface area contributed by atoms with Gasteiger partial charge >= 0.3 is 0 Å². The van der Waals surface area contributed by atoms with Crippen LogP contribution >= 0.6 is 23.2 Å². The standard InChI is InChI=1S/C14H16Cl2FNO/c1-14(2)12(8-3-4-19-13(8)14)18-7-5-9(15)11(17)10(16)6-7/h5-6,8,12-13,18H,3-4H2,1-2H3. The van der Waals surface area contributed by atoms with E-state index < -0.39 is 5.82 Å². The summed E-state index contributed by atoms with van der Waals surface area (Å²) >= 11 is 11.6. The third-order valence-corrected chi connectivity index (χ3v) is 4.96. The van der Waals surface area contributed by atoms with Gasteiger partial charge in [0.25, 0.3) is 0 Å². The molecule has 0 amide bonds. The number of ether oxygens (including phenoxy) is 1. The van der Waals surface area contributed by atoms with Crippen molar-refractivity contribution in [1.29, 1.82) is 0 Å². The summed E-state index contributed by atoms with van der Waals surface area (Å²) in [5.74, 6) is -0.0542. The number of anilines is 1. The van der Waals surface area contributed by atoms with Crippen molar-refractivity contribution in [3.63, 3.8) is 0 Å². The summed E-state index contributed by atoms with van der Waals surface area (Å²) in [5.41, 5.74) is 0.828. The van der Waals surface area contributed by atoms with E-state index in [1.54, 1.807) is 12.1 Å². The van der Waals surface area contributed by atoms with Crippen LogP contribution in [0.3, 0.4) is 0 Å². The van der Waals surface area contributed by atoms with Gasteiger partial charge in [-0.25, -0.2) is 4.39 Å². The summed E-state index contributed by atoms with van der Waals surface area (Å²) in [6.07, 6.45) is 1.38. The molecule has 3 atom stereocenters. The molecular formula is C14H16Cl2FNO. The maximum Gasteiger partial charge on any atom is 0.160 e. The number of halogens is 3. The third-order valence-electron chi connectivity index (χ3n) is 4.41. The molecule has 2 nitrogen and oxygen atoms in total. The van der Waals surface area contributed by atoms with Crippen molar-refractivity contribution in [2.75, 3.05) is 11.9 Å². The molecule has 0 radical (unpaired) electrons. The van der Waals surface area contributed by atoms with Crippen LogP contribution in [0.15, 0.2) is 12.1 Å². The Hall–Kier alpha value is -0.510. The molecule has 1 saturated carbocycles. The first kappa shape index (κ1) is 13.5. The Morgan fingerprint density at radius 1 is 1.32 bits per heavy atom. The molecule has 2 aliphatic rings. The zero-order valence-corrected chi connectivity index (χ0v) is 12.4. The van der Waals surface area contributed by atoms with Crippen molar-refractivity contribution in [2.24, 2.45) is 11.3 Å². The van der Waals surface area contributed by atoms with Gasteiger partial charge in [-0.3, -0.25) is 0 Å². The average molecular weight is 304 g/mol. The van der Waals surface area contributed by atoms with Crippen LogP contribution in [-0.4, -0.2) is 18.8 Å². The van der Waals surface area contributed by atoms with Crippen molar-refractivity contribution >= 4 is 28.9 Å². The first-order valence-electron chi connectivity index (χ1n) is 6.44. The van der Waals surface area contributed by atoms with Gasteiger partial charge < -0.3 is 10.1 Å². The highest BCUT2D eigenvalue weighted by molar-refractivity contribution is 6.35. The molecule has 1 aliphatic heterocycles. The lowest BCUT2D eigenvalue weighted by molar-refractivity contribution is -0.0923. The number of hydrogen-bond acceptors (Lipinski definition) is 2. The molecule has 19 heavy (non-hydrogen) atoms. The van der Waals surface area contributed by atoms with Crippen molar-refractivity contribution in [2.45, 2.75) is 32.4 Å². The third kappa shape index (κ3) is 2.03. The lowest BCUT2D eigenvalue weighted by Crippen LogP contribution is -2.63. The summed E-state index contributed by atoms with van der Waals surface area (Å²) in [4.78, 5) is 0. The van der Waals surface area contributed by atoms with Crippen LogP contribution < -0.4 is 5.32 Å². The van der Waals surface area contributed by atoms with Gasteiger partial charge in [0.15, 0.2) is 5.82 Å². The van der Waals surface area contributed by atoms with Crippen LogP contribution in [0.4, 0.5) is 10.1 Å². The Morgan fingerprint density at radius 3 is 2.58 bits per heavy atom. The molecule has 1 saturated heterocycles. The summed E-state index contributed by atoms with van der Waals surface area (Å²) in [7, 11) is 0. The van der Waals surface area contributed by atoms with Gasteiger partial charge in [-0.2, -0.15) is 0 Å². The molecule has 0 aromatic heterocycles. The largest absolute Gasteiger partial charge is 0.381 e. The predicted molar refractivity (Wildman–Crippen MR) is 75.5 cm³/mol. The molecule has 104 valence electrons. The number of hydrogen-bond donors (Lipinski definition) is 1. The molecule has 3 unspecified atom stereocenters. The molecule has 0 bridgehead atoms. The van der Waals surface area contributed by atoms with E-state index in [2.05, 4.69) is 19.2 Å². The summed E-state index contributed by atoms with van der Waals surface area (Å²) < 4.78 is 19.1. The van der Waals surface area contributed by atoms with Gasteiger partial charge in [-0.15, -0.1) is 0 Å². The molecule has 1 N–H and O–H groups in total. The first-order valence-corrected chi connectivity index (χ1v) is 7.19. The molecular weight excluding hydrogens is 288 g/mol. The quantitative estimate of drug-likeness (QED) is 0.820. The van der Waals surface area contributed by atoms with E-state index in [1.165, 1.54) is 0 Å². The number of rotatable bonds is 2. The van der Waals surface area contributed by atoms with Crippen LogP contribution in [0, 0.1) is 17.2 Å². The maximum atomic E-state index is 13.4. The lowest BCUT2D eigenvalue weighted by Gasteiger charge is -2.55. The average Bonchev–Trinajstić information content (AvgIpc) is 2.79. The fourth-order valence-corrected chi connectivity index (χ4v) is 3.92. The predicted octanol–water partition coefficient (Wildman–Crippen LogP) is 4.36. The van der Waals surface area contributed by atoms with E-state index in [0.29, 0.717) is 18.1 Å². The summed E-state index contributed by atoms with van der Waals surface area (Å²) in [6.45, 7) is 5.19. The van der Waals surface area contributed by atoms with Gasteiger partial charge in [0.05, 0.1) is 16.1 Å². The Morgan fingerprint density at radius 2 is 1.95 bits per heavy atom. The van der Waals surface area contributed by atoms with Gasteiger partial charge in [0.1, 0.15) is 0 Å². The Labute approximate surface area is 122 Å². The maximum absolute atomic E-state index is 13.4. The van der Waals surface area contributed by atoms with Crippen molar-refractivity contribution < 1.29 is 9.13 Å². The van der Waals surface area contributed by atoms with E-state index in [1.807, 2.05) is 0 Å². The second kappa shape index (κ2) is 4.51. The lowest BCUT2D eigenvalue weighted by atomic mass is 9.57. The van der Waals surface area contributed by atoms with E-state index >= 15 is 0 Å². The number of benzene rings is 1. The molecule has 1 heterocycles. The molecule has 1 aliphatic carbocycles. The number of nitrogens with one attached hydrogen (secondary N) is 1. The second-order valence-electron chi connectivity index (χ2n) is 5.94. The van der Waals surface area contributed by atoms with Crippen LogP contribution in [0.5, 0.6) is 0 Å². The topological polar surface area (TPSA) is 21.3 Å². The molecule has 1 aromatic rings. The van der Waals surface area contributed by atoms with E-state index in [-0.39, 0.29) is 15.5 Å². The van der Waals surface area contributed by atoms with Crippen molar-refractivity contribution in [3.05, 3.63) is 28.0 Å².